The minimum absolute atomic E-state index is 0.216. The van der Waals surface area contributed by atoms with Crippen LogP contribution in [0.3, 0.4) is 0 Å². The Balaban J connectivity index is 2.09. The van der Waals surface area contributed by atoms with Gasteiger partial charge in [-0.05, 0) is 29.8 Å². The Morgan fingerprint density at radius 1 is 1.37 bits per heavy atom. The lowest BCUT2D eigenvalue weighted by molar-refractivity contribution is 0.0779. The highest BCUT2D eigenvalue weighted by Crippen LogP contribution is 2.10. The van der Waals surface area contributed by atoms with Crippen molar-refractivity contribution >= 4 is 11.6 Å². The molecular weight excluding hydrogens is 245 g/mol. The van der Waals surface area contributed by atoms with Gasteiger partial charge in [0.05, 0.1) is 6.20 Å². The van der Waals surface area contributed by atoms with Crippen LogP contribution in [0.25, 0.3) is 0 Å². The number of nitrogens with zero attached hydrogens (tertiary/aromatic N) is 2. The molecule has 0 bridgehead atoms. The van der Waals surface area contributed by atoms with Crippen molar-refractivity contribution in [1.82, 2.24) is 9.88 Å². The monoisotopic (exact) mass is 259 g/mol. The molecule has 0 saturated carbocycles. The molecule has 5 heteroatoms. The molecule has 1 aromatic heterocycles. The summed E-state index contributed by atoms with van der Waals surface area (Å²) in [5.41, 5.74) is 7.48. The van der Waals surface area contributed by atoms with Crippen LogP contribution in [-0.4, -0.2) is 22.8 Å². The highest BCUT2D eigenvalue weighted by atomic mass is 19.1. The molecule has 0 saturated heterocycles. The lowest BCUT2D eigenvalue weighted by Crippen LogP contribution is -2.27. The van der Waals surface area contributed by atoms with Gasteiger partial charge in [0.1, 0.15) is 11.5 Å². The molecule has 1 aromatic carbocycles. The summed E-state index contributed by atoms with van der Waals surface area (Å²) in [4.78, 5) is 17.3. The first kappa shape index (κ1) is 13.0. The summed E-state index contributed by atoms with van der Waals surface area (Å²) in [7, 11) is 1.66. The van der Waals surface area contributed by atoms with Crippen LogP contribution in [0.4, 0.5) is 10.1 Å². The standard InChI is InChI=1S/C14H14FN3O/c1-18(9-10-3-2-4-12(16)7-10)14(19)13-6-5-11(15)8-17-13/h2-8H,9,16H2,1H3. The molecule has 0 fully saturated rings. The Hall–Kier alpha value is -2.43. The number of hydrogen-bond donors (Lipinski definition) is 1. The van der Waals surface area contributed by atoms with Crippen LogP contribution in [0, 0.1) is 5.82 Å². The Morgan fingerprint density at radius 2 is 2.16 bits per heavy atom. The van der Waals surface area contributed by atoms with Crippen LogP contribution >= 0.6 is 0 Å². The second kappa shape index (κ2) is 5.48. The minimum atomic E-state index is -0.463. The molecule has 1 heterocycles. The van der Waals surface area contributed by atoms with Gasteiger partial charge in [0.2, 0.25) is 0 Å². The smallest absolute Gasteiger partial charge is 0.272 e. The maximum absolute atomic E-state index is 12.7. The molecule has 0 spiro atoms. The van der Waals surface area contributed by atoms with Crippen molar-refractivity contribution in [1.29, 1.82) is 0 Å². The van der Waals surface area contributed by atoms with E-state index in [0.717, 1.165) is 11.8 Å². The average Bonchev–Trinajstić information content (AvgIpc) is 2.39. The van der Waals surface area contributed by atoms with Gasteiger partial charge in [0.25, 0.3) is 5.91 Å². The van der Waals surface area contributed by atoms with Gasteiger partial charge in [-0.25, -0.2) is 9.37 Å². The first-order chi connectivity index (χ1) is 9.06. The second-order valence-corrected chi connectivity index (χ2v) is 4.27. The maximum Gasteiger partial charge on any atom is 0.272 e. The molecule has 19 heavy (non-hydrogen) atoms. The fraction of sp³-hybridized carbons (Fsp3) is 0.143. The molecule has 0 radical (unpaired) electrons. The maximum atomic E-state index is 12.7. The molecule has 0 aliphatic heterocycles. The zero-order valence-corrected chi connectivity index (χ0v) is 10.5. The van der Waals surface area contributed by atoms with Gasteiger partial charge in [-0.3, -0.25) is 4.79 Å². The molecular formula is C14H14FN3O. The highest BCUT2D eigenvalue weighted by Gasteiger charge is 2.13. The summed E-state index contributed by atoms with van der Waals surface area (Å²) >= 11 is 0. The fourth-order valence-corrected chi connectivity index (χ4v) is 1.74. The van der Waals surface area contributed by atoms with E-state index in [0.29, 0.717) is 12.2 Å². The highest BCUT2D eigenvalue weighted by molar-refractivity contribution is 5.92. The number of hydrogen-bond acceptors (Lipinski definition) is 3. The second-order valence-electron chi connectivity index (χ2n) is 4.27. The fourth-order valence-electron chi connectivity index (χ4n) is 1.74. The molecule has 4 nitrogen and oxygen atoms in total. The van der Waals surface area contributed by atoms with Crippen molar-refractivity contribution in [2.24, 2.45) is 0 Å². The van der Waals surface area contributed by atoms with E-state index in [4.69, 9.17) is 5.73 Å². The van der Waals surface area contributed by atoms with Gasteiger partial charge in [-0.15, -0.1) is 0 Å². The van der Waals surface area contributed by atoms with E-state index in [1.165, 1.54) is 17.0 Å². The Morgan fingerprint density at radius 3 is 2.79 bits per heavy atom. The van der Waals surface area contributed by atoms with Gasteiger partial charge in [-0.1, -0.05) is 12.1 Å². The number of nitrogens with two attached hydrogens (primary N) is 1. The van der Waals surface area contributed by atoms with E-state index in [9.17, 15) is 9.18 Å². The Kier molecular flexibility index (Phi) is 3.75. The van der Waals surface area contributed by atoms with Crippen LogP contribution in [-0.2, 0) is 6.54 Å². The Labute approximate surface area is 110 Å². The van der Waals surface area contributed by atoms with Crippen molar-refractivity contribution in [3.8, 4) is 0 Å². The number of amides is 1. The summed E-state index contributed by atoms with van der Waals surface area (Å²) in [6, 6.07) is 9.90. The number of aromatic nitrogens is 1. The first-order valence-electron chi connectivity index (χ1n) is 5.77. The van der Waals surface area contributed by atoms with Crippen molar-refractivity contribution in [3.05, 3.63) is 59.7 Å². The predicted molar refractivity (Wildman–Crippen MR) is 70.8 cm³/mol. The molecule has 2 aromatic rings. The van der Waals surface area contributed by atoms with Gasteiger partial charge < -0.3 is 10.6 Å². The number of benzene rings is 1. The van der Waals surface area contributed by atoms with Crippen LogP contribution in [0.1, 0.15) is 16.1 Å². The summed E-state index contributed by atoms with van der Waals surface area (Å²) in [5, 5.41) is 0. The van der Waals surface area contributed by atoms with E-state index >= 15 is 0 Å². The van der Waals surface area contributed by atoms with Crippen LogP contribution in [0.2, 0.25) is 0 Å². The third-order valence-corrected chi connectivity index (χ3v) is 2.66. The van der Waals surface area contributed by atoms with Gasteiger partial charge in [-0.2, -0.15) is 0 Å². The van der Waals surface area contributed by atoms with E-state index in [1.807, 2.05) is 18.2 Å². The third kappa shape index (κ3) is 3.28. The van der Waals surface area contributed by atoms with Crippen LogP contribution in [0.5, 0.6) is 0 Å². The number of rotatable bonds is 3. The largest absolute Gasteiger partial charge is 0.399 e. The van der Waals surface area contributed by atoms with Crippen LogP contribution < -0.4 is 5.73 Å². The number of carbonyl (C=O) groups is 1. The van der Waals surface area contributed by atoms with Crippen molar-refractivity contribution in [3.63, 3.8) is 0 Å². The number of anilines is 1. The minimum Gasteiger partial charge on any atom is -0.399 e. The molecule has 2 rings (SSSR count). The molecule has 0 unspecified atom stereocenters. The van der Waals surface area contributed by atoms with Crippen LogP contribution in [0.15, 0.2) is 42.6 Å². The van der Waals surface area contributed by atoms with E-state index < -0.39 is 5.82 Å². The zero-order chi connectivity index (χ0) is 13.8. The predicted octanol–water partition coefficient (Wildman–Crippen LogP) is 2.08. The molecule has 0 atom stereocenters. The van der Waals surface area contributed by atoms with Crippen molar-refractivity contribution in [2.45, 2.75) is 6.54 Å². The van der Waals surface area contributed by atoms with E-state index in [-0.39, 0.29) is 11.6 Å². The first-order valence-corrected chi connectivity index (χ1v) is 5.77. The summed E-state index contributed by atoms with van der Waals surface area (Å²) < 4.78 is 12.7. The van der Waals surface area contributed by atoms with E-state index in [1.54, 1.807) is 13.1 Å². The number of nitrogen functional groups attached to an aromatic ring is 1. The van der Waals surface area contributed by atoms with Crippen molar-refractivity contribution in [2.75, 3.05) is 12.8 Å². The van der Waals surface area contributed by atoms with Gasteiger partial charge in [0.15, 0.2) is 0 Å². The third-order valence-electron chi connectivity index (χ3n) is 2.66. The molecule has 0 aliphatic carbocycles. The Bertz CT molecular complexity index is 583. The number of halogens is 1. The van der Waals surface area contributed by atoms with Crippen molar-refractivity contribution < 1.29 is 9.18 Å². The normalized spacial score (nSPS) is 10.2. The zero-order valence-electron chi connectivity index (χ0n) is 10.5. The average molecular weight is 259 g/mol. The molecule has 98 valence electrons. The number of carbonyl (C=O) groups excluding carboxylic acids is 1. The summed E-state index contributed by atoms with van der Waals surface area (Å²) in [6.07, 6.45) is 1.03. The van der Waals surface area contributed by atoms with E-state index in [2.05, 4.69) is 4.98 Å². The SMILES string of the molecule is CN(Cc1cccc(N)c1)C(=O)c1ccc(F)cn1. The molecule has 1 amide bonds. The lowest BCUT2D eigenvalue weighted by atomic mass is 10.2. The summed E-state index contributed by atoms with van der Waals surface area (Å²) in [5.74, 6) is -0.725. The van der Waals surface area contributed by atoms with Gasteiger partial charge in [0, 0.05) is 19.3 Å². The molecule has 2 N–H and O–H groups in total. The molecule has 0 aliphatic rings. The topological polar surface area (TPSA) is 59.2 Å². The van der Waals surface area contributed by atoms with Gasteiger partial charge >= 0.3 is 0 Å². The summed E-state index contributed by atoms with van der Waals surface area (Å²) in [6.45, 7) is 0.420. The lowest BCUT2D eigenvalue weighted by Gasteiger charge is -2.17. The number of pyridine rings is 1. The quantitative estimate of drug-likeness (QED) is 0.858.